The summed E-state index contributed by atoms with van der Waals surface area (Å²) in [5, 5.41) is 6.58. The normalized spacial score (nSPS) is 14.6. The Morgan fingerprint density at radius 1 is 0.792 bits per heavy atom. The van der Waals surface area contributed by atoms with Crippen molar-refractivity contribution < 1.29 is 21.5 Å². The van der Waals surface area contributed by atoms with Crippen LogP contribution < -0.4 is 5.19 Å². The first-order valence-corrected chi connectivity index (χ1v) is 21.1. The van der Waals surface area contributed by atoms with E-state index in [2.05, 4.69) is 111 Å². The molecule has 1 aliphatic carbocycles. The van der Waals surface area contributed by atoms with Crippen molar-refractivity contribution in [3.8, 4) is 22.5 Å². The fourth-order valence-corrected chi connectivity index (χ4v) is 9.83. The third-order valence-electron chi connectivity index (χ3n) is 9.33. The quantitative estimate of drug-likeness (QED) is 0.130. The summed E-state index contributed by atoms with van der Waals surface area (Å²) < 4.78 is 11.6. The van der Waals surface area contributed by atoms with Crippen LogP contribution in [0.4, 0.5) is 0 Å². The first-order valence-electron chi connectivity index (χ1n) is 17.3. The molecular weight excluding hydrogens is 797 g/mol. The number of nitrogens with zero attached hydrogens (tertiary/aromatic N) is 2. The average molecular weight is 840 g/mol. The summed E-state index contributed by atoms with van der Waals surface area (Å²) in [7, 11) is -1.27. The summed E-state index contributed by atoms with van der Waals surface area (Å²) >= 11 is 1.82. The second-order valence-corrected chi connectivity index (χ2v) is 20.0. The fraction of sp³-hybridized carbons (Fsp3) is 0.256. The Labute approximate surface area is 305 Å². The predicted octanol–water partition coefficient (Wildman–Crippen LogP) is 11.8. The van der Waals surface area contributed by atoms with Gasteiger partial charge in [0.15, 0.2) is 0 Å². The predicted molar refractivity (Wildman–Crippen MR) is 206 cm³/mol. The van der Waals surface area contributed by atoms with Gasteiger partial charge < -0.3 is 9.97 Å². The van der Waals surface area contributed by atoms with Crippen LogP contribution >= 0.6 is 11.3 Å². The average Bonchev–Trinajstić information content (AvgIpc) is 3.45. The number of hydrogen-bond acceptors (Lipinski definition) is 3. The summed E-state index contributed by atoms with van der Waals surface area (Å²) in [5.74, 6) is -0.473. The molecule has 2 nitrogen and oxygen atoms in total. The first kappa shape index (κ1) is 33.0. The van der Waals surface area contributed by atoms with E-state index in [0.717, 1.165) is 53.8 Å². The van der Waals surface area contributed by atoms with Gasteiger partial charge in [0.2, 0.25) is 0 Å². The van der Waals surface area contributed by atoms with Crippen molar-refractivity contribution in [3.05, 3.63) is 126 Å². The third kappa shape index (κ3) is 7.26. The number of pyridine rings is 2. The van der Waals surface area contributed by atoms with Crippen molar-refractivity contribution in [3.63, 3.8) is 0 Å². The molecule has 5 heteroatoms. The van der Waals surface area contributed by atoms with Gasteiger partial charge >= 0.3 is 0 Å². The molecule has 0 spiro atoms. The molecule has 1 radical (unpaired) electrons. The van der Waals surface area contributed by atoms with Crippen LogP contribution in [0.5, 0.6) is 0 Å². The SMILES string of the molecule is Cc1cc(-c2[c-]cccc2)ncc1[Si](C)(C)C.[2H]C1(c2ccnc(-c3[c-]ccc4c3sc3cc5ccc(C)cc5cc34)c2)CCCCC1.[Ir]. The molecule has 3 heterocycles. The topological polar surface area (TPSA) is 25.8 Å². The summed E-state index contributed by atoms with van der Waals surface area (Å²) in [6, 6.07) is 36.5. The number of benzene rings is 4. The minimum absolute atomic E-state index is 0. The van der Waals surface area contributed by atoms with Gasteiger partial charge in [-0.1, -0.05) is 91.3 Å². The molecule has 4 aromatic carbocycles. The molecule has 1 fully saturated rings. The maximum Gasteiger partial charge on any atom is 0.0798 e. The monoisotopic (exact) mass is 840 g/mol. The van der Waals surface area contributed by atoms with Crippen LogP contribution in [0.1, 0.15) is 56.1 Å². The number of hydrogen-bond donors (Lipinski definition) is 0. The van der Waals surface area contributed by atoms with Gasteiger partial charge in [0.1, 0.15) is 0 Å². The molecule has 0 saturated heterocycles. The fourth-order valence-electron chi connectivity index (χ4n) is 6.89. The number of rotatable bonds is 4. The van der Waals surface area contributed by atoms with Crippen molar-refractivity contribution in [2.24, 2.45) is 0 Å². The Morgan fingerprint density at radius 3 is 2.38 bits per heavy atom. The third-order valence-corrected chi connectivity index (χ3v) is 12.7. The van der Waals surface area contributed by atoms with E-state index >= 15 is 0 Å². The van der Waals surface area contributed by atoms with Gasteiger partial charge in [0, 0.05) is 38.6 Å². The summed E-state index contributed by atoms with van der Waals surface area (Å²) in [5.41, 5.74) is 7.82. The van der Waals surface area contributed by atoms with Gasteiger partial charge in [-0.05, 0) is 88.2 Å². The van der Waals surface area contributed by atoms with Crippen molar-refractivity contribution in [1.82, 2.24) is 9.97 Å². The first-order chi connectivity index (χ1) is 23.1. The van der Waals surface area contributed by atoms with E-state index in [9.17, 15) is 0 Å². The largest absolute Gasteiger partial charge is 0.305 e. The van der Waals surface area contributed by atoms with Gasteiger partial charge in [0.05, 0.1) is 8.07 Å². The van der Waals surface area contributed by atoms with E-state index in [1.54, 1.807) is 0 Å². The van der Waals surface area contributed by atoms with Crippen LogP contribution in [-0.2, 0) is 20.1 Å². The van der Waals surface area contributed by atoms with Crippen molar-refractivity contribution >= 4 is 55.5 Å². The molecule has 0 amide bonds. The molecule has 0 bridgehead atoms. The molecule has 0 aliphatic heterocycles. The molecule has 1 saturated carbocycles. The van der Waals surface area contributed by atoms with E-state index in [0.29, 0.717) is 0 Å². The number of thiophene rings is 1. The summed E-state index contributed by atoms with van der Waals surface area (Å²) in [6.45, 7) is 11.4. The van der Waals surface area contributed by atoms with Crippen molar-refractivity contribution in [1.29, 1.82) is 0 Å². The minimum atomic E-state index is -1.27. The Balaban J connectivity index is 0.000000198. The molecule has 8 rings (SSSR count). The van der Waals surface area contributed by atoms with Gasteiger partial charge in [0.25, 0.3) is 0 Å². The van der Waals surface area contributed by atoms with Crippen molar-refractivity contribution in [2.45, 2.75) is 71.5 Å². The maximum atomic E-state index is 9.04. The molecule has 0 N–H and O–H groups in total. The molecular formula is C43H42IrN2SSi-2. The molecule has 1 aliphatic rings. The molecule has 48 heavy (non-hydrogen) atoms. The Hall–Kier alpha value is -3.47. The number of aryl methyl sites for hydroxylation is 2. The second-order valence-electron chi connectivity index (χ2n) is 13.9. The smallest absolute Gasteiger partial charge is 0.0798 e. The van der Waals surface area contributed by atoms with Crippen molar-refractivity contribution in [2.75, 3.05) is 0 Å². The zero-order valence-electron chi connectivity index (χ0n) is 29.4. The minimum Gasteiger partial charge on any atom is -0.305 e. The number of fused-ring (bicyclic) bond motifs is 4. The molecule has 0 unspecified atom stereocenters. The Morgan fingerprint density at radius 2 is 1.62 bits per heavy atom. The van der Waals surface area contributed by atoms with Crippen LogP contribution in [0.15, 0.2) is 97.3 Å². The molecule has 0 atom stereocenters. The van der Waals surface area contributed by atoms with Crippen LogP contribution in [0.3, 0.4) is 0 Å². The van der Waals surface area contributed by atoms with Gasteiger partial charge in [-0.25, -0.2) is 0 Å². The van der Waals surface area contributed by atoms with Gasteiger partial charge in [-0.3, -0.25) is 0 Å². The van der Waals surface area contributed by atoms with Crippen LogP contribution in [0.25, 0.3) is 53.5 Å². The van der Waals surface area contributed by atoms with E-state index in [4.69, 9.17) is 6.35 Å². The van der Waals surface area contributed by atoms with Crippen LogP contribution in [0, 0.1) is 26.0 Å². The van der Waals surface area contributed by atoms with E-state index < -0.39 is 14.0 Å². The Kier molecular flexibility index (Phi) is 10.0. The van der Waals surface area contributed by atoms with Crippen LogP contribution in [-0.4, -0.2) is 18.0 Å². The Bertz CT molecular complexity index is 2250. The number of aromatic nitrogens is 2. The van der Waals surface area contributed by atoms with E-state index in [-0.39, 0.29) is 20.1 Å². The van der Waals surface area contributed by atoms with Crippen LogP contribution in [0.2, 0.25) is 19.6 Å². The molecule has 3 aromatic heterocycles. The van der Waals surface area contributed by atoms with E-state index in [1.165, 1.54) is 53.7 Å². The van der Waals surface area contributed by atoms with E-state index in [1.807, 2.05) is 47.9 Å². The molecule has 7 aromatic rings. The summed E-state index contributed by atoms with van der Waals surface area (Å²) in [4.78, 5) is 9.29. The summed E-state index contributed by atoms with van der Waals surface area (Å²) in [6.07, 6.45) is 9.36. The maximum absolute atomic E-state index is 9.04. The zero-order chi connectivity index (χ0) is 33.5. The van der Waals surface area contributed by atoms with Gasteiger partial charge in [-0.2, -0.15) is 11.3 Å². The zero-order valence-corrected chi connectivity index (χ0v) is 32.6. The second kappa shape index (κ2) is 14.6. The standard InChI is InChI=1S/C28H24NS.C15H18NSi.Ir/c1-18-10-11-20-17-27-25(15-22(20)14-18)23-8-5-9-24(28(23)30-27)26-16-21(12-13-29-26)19-6-3-2-4-7-19;1-12-10-14(13-8-6-5-7-9-13)16-11-15(12)17(2,3)4;/h5,8,10-17,19H,2-4,6-7H2,1H3;5-8,10-11H,1-4H3;/q2*-1;/i19D;;. The molecule has 245 valence electrons. The van der Waals surface area contributed by atoms with Gasteiger partial charge in [-0.15, -0.1) is 59.7 Å².